The molecule has 1 atom stereocenters. The topological polar surface area (TPSA) is 70.9 Å². The summed E-state index contributed by atoms with van der Waals surface area (Å²) in [5.74, 6) is 0.534. The standard InChI is InChI=1S/C25H24N2O3/c1-3-30-18-14-12-17(13-15-18)23(28)16-25(2,29)27-26-24-21-10-6-4-8-19(21)20-9-5-7-11-22(20)24/h4-15,27,29H,3,16H2,1-2H3. The lowest BCUT2D eigenvalue weighted by Crippen LogP contribution is -2.41. The second-order valence-corrected chi connectivity index (χ2v) is 7.49. The van der Waals surface area contributed by atoms with Crippen LogP contribution in [0.5, 0.6) is 5.75 Å². The molecule has 0 fully saturated rings. The van der Waals surface area contributed by atoms with Crippen molar-refractivity contribution in [1.82, 2.24) is 5.43 Å². The van der Waals surface area contributed by atoms with E-state index in [9.17, 15) is 9.90 Å². The Morgan fingerprint density at radius 2 is 1.47 bits per heavy atom. The molecule has 0 aliphatic heterocycles. The second-order valence-electron chi connectivity index (χ2n) is 7.49. The molecule has 0 radical (unpaired) electrons. The van der Waals surface area contributed by atoms with E-state index in [0.29, 0.717) is 17.9 Å². The average Bonchev–Trinajstić information content (AvgIpc) is 3.07. The zero-order chi connectivity index (χ0) is 21.1. The maximum Gasteiger partial charge on any atom is 0.167 e. The molecule has 0 heterocycles. The van der Waals surface area contributed by atoms with Gasteiger partial charge < -0.3 is 9.84 Å². The van der Waals surface area contributed by atoms with Gasteiger partial charge in [-0.05, 0) is 49.2 Å². The van der Waals surface area contributed by atoms with Crippen LogP contribution < -0.4 is 10.2 Å². The first-order valence-corrected chi connectivity index (χ1v) is 10.0. The first-order valence-electron chi connectivity index (χ1n) is 10.0. The molecular weight excluding hydrogens is 376 g/mol. The number of nitrogens with zero attached hydrogens (tertiary/aromatic N) is 1. The zero-order valence-electron chi connectivity index (χ0n) is 17.1. The van der Waals surface area contributed by atoms with Crippen LogP contribution in [0, 0.1) is 0 Å². The second kappa shape index (κ2) is 8.13. The summed E-state index contributed by atoms with van der Waals surface area (Å²) in [7, 11) is 0. The van der Waals surface area contributed by atoms with Gasteiger partial charge in [0.2, 0.25) is 0 Å². The Balaban J connectivity index is 1.52. The van der Waals surface area contributed by atoms with Crippen LogP contribution in [0.25, 0.3) is 11.1 Å². The summed E-state index contributed by atoms with van der Waals surface area (Å²) in [5.41, 5.74) is 6.82. The number of hydrazone groups is 1. The molecule has 5 nitrogen and oxygen atoms in total. The number of aliphatic hydroxyl groups is 1. The fourth-order valence-corrected chi connectivity index (χ4v) is 3.65. The summed E-state index contributed by atoms with van der Waals surface area (Å²) in [6, 6.07) is 23.0. The number of ketones is 1. The van der Waals surface area contributed by atoms with Crippen molar-refractivity contribution in [3.63, 3.8) is 0 Å². The van der Waals surface area contributed by atoms with Crippen molar-refractivity contribution in [3.05, 3.63) is 89.5 Å². The Morgan fingerprint density at radius 3 is 2.00 bits per heavy atom. The number of rotatable bonds is 7. The molecule has 4 rings (SSSR count). The number of ether oxygens (including phenoxy) is 1. The Bertz CT molecular complexity index is 1050. The van der Waals surface area contributed by atoms with E-state index in [0.717, 1.165) is 28.0 Å². The van der Waals surface area contributed by atoms with E-state index in [-0.39, 0.29) is 12.2 Å². The van der Waals surface area contributed by atoms with E-state index in [1.807, 2.05) is 43.3 Å². The van der Waals surface area contributed by atoms with Crippen LogP contribution in [0.1, 0.15) is 41.8 Å². The van der Waals surface area contributed by atoms with Gasteiger partial charge in [0, 0.05) is 16.7 Å². The van der Waals surface area contributed by atoms with Crippen LogP contribution in [0.2, 0.25) is 0 Å². The molecule has 30 heavy (non-hydrogen) atoms. The molecule has 0 saturated carbocycles. The van der Waals surface area contributed by atoms with Crippen LogP contribution in [0.4, 0.5) is 0 Å². The zero-order valence-corrected chi connectivity index (χ0v) is 17.1. The quantitative estimate of drug-likeness (QED) is 0.274. The minimum absolute atomic E-state index is 0.110. The third-order valence-electron chi connectivity index (χ3n) is 5.06. The Morgan fingerprint density at radius 1 is 0.933 bits per heavy atom. The molecule has 0 aromatic heterocycles. The van der Waals surface area contributed by atoms with Gasteiger partial charge in [-0.25, -0.2) is 0 Å². The van der Waals surface area contributed by atoms with Gasteiger partial charge in [-0.2, -0.15) is 5.10 Å². The van der Waals surface area contributed by atoms with Crippen molar-refractivity contribution >= 4 is 11.5 Å². The molecule has 2 N–H and O–H groups in total. The molecule has 0 saturated heterocycles. The summed E-state index contributed by atoms with van der Waals surface area (Å²) >= 11 is 0. The van der Waals surface area contributed by atoms with Gasteiger partial charge in [0.25, 0.3) is 0 Å². The Labute approximate surface area is 176 Å². The van der Waals surface area contributed by atoms with Gasteiger partial charge in [-0.3, -0.25) is 10.2 Å². The summed E-state index contributed by atoms with van der Waals surface area (Å²) in [6.45, 7) is 4.03. The van der Waals surface area contributed by atoms with Crippen LogP contribution >= 0.6 is 0 Å². The minimum Gasteiger partial charge on any atom is -0.494 e. The van der Waals surface area contributed by atoms with Crippen molar-refractivity contribution < 1.29 is 14.6 Å². The number of carbonyl (C=O) groups is 1. The van der Waals surface area contributed by atoms with E-state index in [1.165, 1.54) is 0 Å². The fourth-order valence-electron chi connectivity index (χ4n) is 3.65. The maximum absolute atomic E-state index is 12.6. The third kappa shape index (κ3) is 3.98. The largest absolute Gasteiger partial charge is 0.494 e. The lowest BCUT2D eigenvalue weighted by Gasteiger charge is -2.22. The third-order valence-corrected chi connectivity index (χ3v) is 5.06. The Kier molecular flexibility index (Phi) is 5.38. The number of benzene rings is 3. The van der Waals surface area contributed by atoms with Crippen molar-refractivity contribution in [2.24, 2.45) is 5.10 Å². The molecule has 0 amide bonds. The van der Waals surface area contributed by atoms with E-state index in [4.69, 9.17) is 4.74 Å². The van der Waals surface area contributed by atoms with E-state index >= 15 is 0 Å². The molecule has 1 aliphatic carbocycles. The van der Waals surface area contributed by atoms with Crippen molar-refractivity contribution in [2.45, 2.75) is 26.0 Å². The fraction of sp³-hybridized carbons (Fsp3) is 0.200. The minimum atomic E-state index is -1.49. The first-order chi connectivity index (χ1) is 14.5. The number of nitrogens with one attached hydrogen (secondary N) is 1. The molecule has 1 aliphatic rings. The molecule has 152 valence electrons. The highest BCUT2D eigenvalue weighted by atomic mass is 16.5. The number of fused-ring (bicyclic) bond motifs is 3. The highest BCUT2D eigenvalue weighted by Crippen LogP contribution is 2.36. The molecule has 0 bridgehead atoms. The molecular formula is C25H24N2O3. The van der Waals surface area contributed by atoms with Crippen molar-refractivity contribution in [3.8, 4) is 16.9 Å². The highest BCUT2D eigenvalue weighted by Gasteiger charge is 2.28. The van der Waals surface area contributed by atoms with E-state index in [1.54, 1.807) is 31.2 Å². The van der Waals surface area contributed by atoms with Gasteiger partial charge in [0.05, 0.1) is 18.7 Å². The monoisotopic (exact) mass is 400 g/mol. The van der Waals surface area contributed by atoms with Crippen LogP contribution in [-0.2, 0) is 0 Å². The molecule has 3 aromatic rings. The first kappa shape index (κ1) is 19.9. The van der Waals surface area contributed by atoms with Gasteiger partial charge in [0.1, 0.15) is 5.75 Å². The van der Waals surface area contributed by atoms with Gasteiger partial charge >= 0.3 is 0 Å². The lowest BCUT2D eigenvalue weighted by atomic mass is 10.0. The Hall–Kier alpha value is -3.44. The smallest absolute Gasteiger partial charge is 0.167 e. The molecule has 3 aromatic carbocycles. The molecule has 5 heteroatoms. The highest BCUT2D eigenvalue weighted by molar-refractivity contribution is 6.24. The summed E-state index contributed by atoms with van der Waals surface area (Å²) in [5, 5.41) is 15.3. The number of Topliss-reactive ketones (excluding diaryl/α,β-unsaturated/α-hetero) is 1. The van der Waals surface area contributed by atoms with E-state index < -0.39 is 5.72 Å². The van der Waals surface area contributed by atoms with Gasteiger partial charge in [0.15, 0.2) is 11.5 Å². The summed E-state index contributed by atoms with van der Waals surface area (Å²) in [6.07, 6.45) is -0.110. The predicted molar refractivity (Wildman–Crippen MR) is 118 cm³/mol. The van der Waals surface area contributed by atoms with Crippen LogP contribution in [-0.4, -0.2) is 28.9 Å². The average molecular weight is 400 g/mol. The van der Waals surface area contributed by atoms with Crippen molar-refractivity contribution in [1.29, 1.82) is 0 Å². The van der Waals surface area contributed by atoms with Crippen molar-refractivity contribution in [2.75, 3.05) is 6.61 Å². The molecule has 1 unspecified atom stereocenters. The predicted octanol–water partition coefficient (Wildman–Crippen LogP) is 4.39. The maximum atomic E-state index is 12.6. The number of hydrogen-bond donors (Lipinski definition) is 2. The number of carbonyl (C=O) groups excluding carboxylic acids is 1. The van der Waals surface area contributed by atoms with Gasteiger partial charge in [-0.15, -0.1) is 0 Å². The van der Waals surface area contributed by atoms with E-state index in [2.05, 4.69) is 22.7 Å². The number of hydrogen-bond acceptors (Lipinski definition) is 5. The summed E-state index contributed by atoms with van der Waals surface area (Å²) in [4.78, 5) is 12.6. The SMILES string of the molecule is CCOc1ccc(C(=O)CC(C)(O)NN=C2c3ccccc3-c3ccccc32)cc1. The van der Waals surface area contributed by atoms with Crippen LogP contribution in [0.15, 0.2) is 77.9 Å². The normalized spacial score (nSPS) is 13.8. The summed E-state index contributed by atoms with van der Waals surface area (Å²) < 4.78 is 5.40. The lowest BCUT2D eigenvalue weighted by molar-refractivity contribution is 0.0186. The molecule has 0 spiro atoms. The van der Waals surface area contributed by atoms with Gasteiger partial charge in [-0.1, -0.05) is 48.5 Å². The van der Waals surface area contributed by atoms with Crippen LogP contribution in [0.3, 0.4) is 0 Å².